The molecule has 1 aliphatic heterocycles. The highest BCUT2D eigenvalue weighted by Crippen LogP contribution is 2.40. The second-order valence-electron chi connectivity index (χ2n) is 8.23. The number of halogens is 2. The van der Waals surface area contributed by atoms with Gasteiger partial charge in [0.1, 0.15) is 17.2 Å². The molecule has 1 saturated carbocycles. The number of carbonyl (C=O) groups excluding carboxylic acids is 1. The van der Waals surface area contributed by atoms with Crippen molar-refractivity contribution >= 4 is 17.3 Å². The van der Waals surface area contributed by atoms with Crippen LogP contribution >= 0.6 is 0 Å². The lowest BCUT2D eigenvalue weighted by Crippen LogP contribution is -2.45. The number of rotatable bonds is 7. The molecule has 1 saturated heterocycles. The third kappa shape index (κ3) is 5.52. The van der Waals surface area contributed by atoms with E-state index >= 15 is 0 Å². The molecule has 1 aromatic heterocycles. The van der Waals surface area contributed by atoms with Crippen molar-refractivity contribution in [2.75, 3.05) is 38.3 Å². The number of amides is 1. The zero-order valence-electron chi connectivity index (χ0n) is 18.7. The fraction of sp³-hybridized carbons (Fsp3) is 0.500. The van der Waals surface area contributed by atoms with Gasteiger partial charge in [-0.25, -0.2) is 0 Å². The molecule has 0 spiro atoms. The molecule has 2 aliphatic rings. The number of anilines is 2. The van der Waals surface area contributed by atoms with E-state index in [1.165, 1.54) is 12.1 Å². The fourth-order valence-corrected chi connectivity index (χ4v) is 4.68. The summed E-state index contributed by atoms with van der Waals surface area (Å²) in [5.74, 6) is 1.01. The Bertz CT molecular complexity index is 914. The summed E-state index contributed by atoms with van der Waals surface area (Å²) in [6.07, 6.45) is 6.60. The molecular formula is C24H29F2N3O4. The normalized spacial score (nSPS) is 21.0. The van der Waals surface area contributed by atoms with E-state index in [-0.39, 0.29) is 23.6 Å². The molecule has 0 atom stereocenters. The van der Waals surface area contributed by atoms with Crippen LogP contribution in [0.25, 0.3) is 0 Å². The van der Waals surface area contributed by atoms with Crippen LogP contribution in [0.3, 0.4) is 0 Å². The summed E-state index contributed by atoms with van der Waals surface area (Å²) >= 11 is 0. The van der Waals surface area contributed by atoms with Crippen LogP contribution in [-0.2, 0) is 9.53 Å². The van der Waals surface area contributed by atoms with Gasteiger partial charge in [0, 0.05) is 43.0 Å². The van der Waals surface area contributed by atoms with Crippen LogP contribution in [0.4, 0.5) is 20.2 Å². The minimum absolute atomic E-state index is 0.0128. The minimum Gasteiger partial charge on any atom is -0.494 e. The molecule has 0 unspecified atom stereocenters. The van der Waals surface area contributed by atoms with Crippen LogP contribution < -0.4 is 14.4 Å². The summed E-state index contributed by atoms with van der Waals surface area (Å²) in [7, 11) is 1.61. The van der Waals surface area contributed by atoms with E-state index in [0.717, 1.165) is 37.1 Å². The zero-order valence-corrected chi connectivity index (χ0v) is 18.7. The highest BCUT2D eigenvalue weighted by molar-refractivity contribution is 5.79. The molecule has 2 aromatic rings. The third-order valence-corrected chi connectivity index (χ3v) is 6.31. The summed E-state index contributed by atoms with van der Waals surface area (Å²) in [6.45, 7) is -0.359. The van der Waals surface area contributed by atoms with Gasteiger partial charge in [0.15, 0.2) is 0 Å². The van der Waals surface area contributed by atoms with Gasteiger partial charge in [-0.1, -0.05) is 0 Å². The average molecular weight is 462 g/mol. The van der Waals surface area contributed by atoms with Crippen LogP contribution in [0.5, 0.6) is 11.5 Å². The molecule has 1 aromatic carbocycles. The fourth-order valence-electron chi connectivity index (χ4n) is 4.68. The Morgan fingerprint density at radius 2 is 1.82 bits per heavy atom. The largest absolute Gasteiger partial charge is 0.494 e. The van der Waals surface area contributed by atoms with Crippen LogP contribution in [0.2, 0.25) is 0 Å². The summed E-state index contributed by atoms with van der Waals surface area (Å²) in [5.41, 5.74) is 1.62. The molecule has 7 nitrogen and oxygen atoms in total. The third-order valence-electron chi connectivity index (χ3n) is 6.31. The number of benzene rings is 1. The van der Waals surface area contributed by atoms with Crippen molar-refractivity contribution in [3.63, 3.8) is 0 Å². The number of pyridine rings is 1. The van der Waals surface area contributed by atoms with Gasteiger partial charge in [0.05, 0.1) is 26.5 Å². The number of hydrogen-bond acceptors (Lipinski definition) is 6. The number of hydrogen-bond donors (Lipinski definition) is 0. The van der Waals surface area contributed by atoms with Gasteiger partial charge in [-0.05, 0) is 49.9 Å². The van der Waals surface area contributed by atoms with Gasteiger partial charge in [0.25, 0.3) is 0 Å². The van der Waals surface area contributed by atoms with Crippen molar-refractivity contribution in [2.45, 2.75) is 38.3 Å². The molecule has 2 fully saturated rings. The molecule has 0 N–H and O–H groups in total. The van der Waals surface area contributed by atoms with E-state index in [4.69, 9.17) is 9.47 Å². The van der Waals surface area contributed by atoms with Crippen molar-refractivity contribution in [3.05, 3.63) is 42.7 Å². The number of alkyl halides is 2. The number of nitrogens with zero attached hydrogens (tertiary/aromatic N) is 3. The molecule has 2 heterocycles. The van der Waals surface area contributed by atoms with Crippen molar-refractivity contribution in [1.29, 1.82) is 0 Å². The predicted molar refractivity (Wildman–Crippen MR) is 119 cm³/mol. The summed E-state index contributed by atoms with van der Waals surface area (Å²) in [5, 5.41) is 0. The molecule has 178 valence electrons. The summed E-state index contributed by atoms with van der Waals surface area (Å²) in [4.78, 5) is 21.3. The second kappa shape index (κ2) is 10.8. The van der Waals surface area contributed by atoms with Crippen molar-refractivity contribution in [1.82, 2.24) is 9.88 Å². The first-order valence-corrected chi connectivity index (χ1v) is 11.3. The Morgan fingerprint density at radius 1 is 1.12 bits per heavy atom. The minimum atomic E-state index is -2.87. The van der Waals surface area contributed by atoms with E-state index in [2.05, 4.69) is 14.6 Å². The molecule has 33 heavy (non-hydrogen) atoms. The number of aromatic nitrogens is 1. The van der Waals surface area contributed by atoms with E-state index in [9.17, 15) is 13.6 Å². The Morgan fingerprint density at radius 3 is 2.45 bits per heavy atom. The quantitative estimate of drug-likeness (QED) is 0.615. The van der Waals surface area contributed by atoms with Gasteiger partial charge in [-0.3, -0.25) is 9.78 Å². The number of morpholine rings is 1. The molecular weight excluding hydrogens is 432 g/mol. The van der Waals surface area contributed by atoms with Gasteiger partial charge in [0.2, 0.25) is 5.91 Å². The maximum absolute atomic E-state index is 12.9. The first kappa shape index (κ1) is 23.2. The predicted octanol–water partition coefficient (Wildman–Crippen LogP) is 4.25. The Hall–Kier alpha value is -2.94. The molecule has 0 radical (unpaired) electrons. The number of ether oxygens (including phenoxy) is 3. The van der Waals surface area contributed by atoms with Crippen molar-refractivity contribution in [2.24, 2.45) is 5.92 Å². The van der Waals surface area contributed by atoms with Crippen LogP contribution in [-0.4, -0.2) is 61.9 Å². The smallest absolute Gasteiger partial charge is 0.387 e. The Kier molecular flexibility index (Phi) is 7.59. The van der Waals surface area contributed by atoms with Gasteiger partial charge >= 0.3 is 6.61 Å². The van der Waals surface area contributed by atoms with E-state index < -0.39 is 6.61 Å². The number of methoxy groups -OCH3 is 1. The van der Waals surface area contributed by atoms with E-state index in [0.29, 0.717) is 32.1 Å². The Balaban J connectivity index is 1.54. The molecule has 4 rings (SSSR count). The molecule has 1 aliphatic carbocycles. The van der Waals surface area contributed by atoms with Crippen LogP contribution in [0, 0.1) is 5.92 Å². The maximum atomic E-state index is 12.9. The first-order chi connectivity index (χ1) is 16.1. The summed E-state index contributed by atoms with van der Waals surface area (Å²) < 4.78 is 40.6. The molecule has 0 bridgehead atoms. The highest BCUT2D eigenvalue weighted by atomic mass is 19.3. The lowest BCUT2D eigenvalue weighted by atomic mass is 9.84. The van der Waals surface area contributed by atoms with Crippen molar-refractivity contribution in [3.8, 4) is 11.5 Å². The van der Waals surface area contributed by atoms with E-state index in [1.807, 2.05) is 4.90 Å². The van der Waals surface area contributed by atoms with Gasteiger partial charge < -0.3 is 24.0 Å². The SMILES string of the molecule is COc1ccncc1N(c1ccc(OC(F)F)cc1)[C@H]1CC[C@@H](C(=O)N2CCOCC2)CC1. The van der Waals surface area contributed by atoms with Crippen LogP contribution in [0.15, 0.2) is 42.7 Å². The first-order valence-electron chi connectivity index (χ1n) is 11.3. The van der Waals surface area contributed by atoms with Gasteiger partial charge in [-0.15, -0.1) is 0 Å². The van der Waals surface area contributed by atoms with Crippen molar-refractivity contribution < 1.29 is 27.8 Å². The second-order valence-corrected chi connectivity index (χ2v) is 8.23. The Labute approximate surface area is 192 Å². The summed E-state index contributed by atoms with van der Waals surface area (Å²) in [6, 6.07) is 8.49. The average Bonchev–Trinajstić information content (AvgIpc) is 2.86. The van der Waals surface area contributed by atoms with Gasteiger partial charge in [-0.2, -0.15) is 8.78 Å². The van der Waals surface area contributed by atoms with Crippen LogP contribution in [0.1, 0.15) is 25.7 Å². The topological polar surface area (TPSA) is 64.1 Å². The lowest BCUT2D eigenvalue weighted by Gasteiger charge is -2.39. The monoisotopic (exact) mass is 461 g/mol. The standard InChI is InChI=1S/C24H29F2N3O4/c1-31-22-10-11-27-16-21(22)29(19-6-8-20(9-7-19)33-24(25)26)18-4-2-17(3-5-18)23(30)28-12-14-32-15-13-28/h6-11,16-18,24H,2-5,12-15H2,1H3/t17-,18+. The zero-order chi connectivity index (χ0) is 23.2. The molecule has 9 heteroatoms. The number of carbonyl (C=O) groups is 1. The molecule has 1 amide bonds. The van der Waals surface area contributed by atoms with E-state index in [1.54, 1.807) is 37.7 Å². The maximum Gasteiger partial charge on any atom is 0.387 e. The highest BCUT2D eigenvalue weighted by Gasteiger charge is 2.33. The lowest BCUT2D eigenvalue weighted by molar-refractivity contribution is -0.140.